The third-order valence-corrected chi connectivity index (χ3v) is 3.64. The van der Waals surface area contributed by atoms with Gasteiger partial charge in [-0.1, -0.05) is 18.3 Å². The Balaban J connectivity index is 2.01. The number of nitrogens with zero attached hydrogens (tertiary/aromatic N) is 2. The summed E-state index contributed by atoms with van der Waals surface area (Å²) in [5.74, 6) is 0.205. The summed E-state index contributed by atoms with van der Waals surface area (Å²) in [6.45, 7) is 5.95. The zero-order chi connectivity index (χ0) is 12.3. The first-order valence-electron chi connectivity index (χ1n) is 6.02. The summed E-state index contributed by atoms with van der Waals surface area (Å²) in [5, 5.41) is 10.3. The number of nitrogens with one attached hydrogen (secondary N) is 2. The molecule has 2 N–H and O–H groups in total. The van der Waals surface area contributed by atoms with Gasteiger partial charge in [-0.25, -0.2) is 0 Å². The molecule has 1 fully saturated rings. The Morgan fingerprint density at radius 3 is 3.06 bits per heavy atom. The van der Waals surface area contributed by atoms with Gasteiger partial charge in [-0.15, -0.1) is 5.10 Å². The molecule has 1 atom stereocenters. The van der Waals surface area contributed by atoms with Gasteiger partial charge in [0, 0.05) is 12.6 Å². The third-order valence-electron chi connectivity index (χ3n) is 2.90. The van der Waals surface area contributed by atoms with Gasteiger partial charge in [0.25, 0.3) is 5.91 Å². The lowest BCUT2D eigenvalue weighted by atomic mass is 10.1. The van der Waals surface area contributed by atoms with Crippen LogP contribution in [0.1, 0.15) is 48.0 Å². The molecule has 1 amide bonds. The molecule has 6 heteroatoms. The second-order valence-corrected chi connectivity index (χ2v) is 5.41. The number of carbonyl (C=O) groups is 1. The maximum atomic E-state index is 12.1. The van der Waals surface area contributed by atoms with Crippen LogP contribution in [0.4, 0.5) is 0 Å². The second kappa shape index (κ2) is 5.55. The number of aromatic nitrogens is 2. The second-order valence-electron chi connectivity index (χ2n) is 4.66. The summed E-state index contributed by atoms with van der Waals surface area (Å²) < 4.78 is 3.87. The zero-order valence-electron chi connectivity index (χ0n) is 10.2. The molecule has 0 spiro atoms. The molecule has 0 radical (unpaired) electrons. The Bertz CT molecular complexity index is 385. The summed E-state index contributed by atoms with van der Waals surface area (Å²) in [5.41, 5.74) is 0.802. The van der Waals surface area contributed by atoms with Gasteiger partial charge >= 0.3 is 0 Å². The summed E-state index contributed by atoms with van der Waals surface area (Å²) >= 11 is 1.18. The molecule has 1 saturated heterocycles. The van der Waals surface area contributed by atoms with Gasteiger partial charge in [0.1, 0.15) is 4.88 Å². The van der Waals surface area contributed by atoms with Crippen molar-refractivity contribution in [1.29, 1.82) is 0 Å². The first kappa shape index (κ1) is 12.4. The molecule has 0 bridgehead atoms. The van der Waals surface area contributed by atoms with Crippen molar-refractivity contribution in [3.63, 3.8) is 0 Å². The average Bonchev–Trinajstić information content (AvgIpc) is 2.79. The van der Waals surface area contributed by atoms with Gasteiger partial charge in [0.15, 0.2) is 0 Å². The molecule has 0 unspecified atom stereocenters. The molecule has 1 aromatic rings. The lowest BCUT2D eigenvalue weighted by Crippen LogP contribution is -2.45. The molecule has 0 saturated carbocycles. The zero-order valence-corrected chi connectivity index (χ0v) is 11.0. The minimum atomic E-state index is -0.0302. The van der Waals surface area contributed by atoms with E-state index in [1.807, 2.05) is 13.8 Å². The van der Waals surface area contributed by atoms with Crippen molar-refractivity contribution < 1.29 is 4.79 Å². The highest BCUT2D eigenvalue weighted by molar-refractivity contribution is 7.08. The van der Waals surface area contributed by atoms with Crippen molar-refractivity contribution in [3.8, 4) is 0 Å². The molecule has 1 aliphatic heterocycles. The lowest BCUT2D eigenvalue weighted by molar-refractivity contribution is 0.0933. The van der Waals surface area contributed by atoms with Gasteiger partial charge < -0.3 is 10.6 Å². The van der Waals surface area contributed by atoms with E-state index < -0.39 is 0 Å². The number of piperidine rings is 1. The summed E-state index contributed by atoms with van der Waals surface area (Å²) in [6.07, 6.45) is 2.16. The molecule has 5 nitrogen and oxygen atoms in total. The van der Waals surface area contributed by atoms with Crippen molar-refractivity contribution in [2.45, 2.75) is 38.6 Å². The van der Waals surface area contributed by atoms with Crippen LogP contribution in [0, 0.1) is 0 Å². The Kier molecular flexibility index (Phi) is 4.06. The molecule has 0 aliphatic carbocycles. The van der Waals surface area contributed by atoms with Crippen LogP contribution in [-0.4, -0.2) is 34.6 Å². The van der Waals surface area contributed by atoms with Crippen LogP contribution in [0.25, 0.3) is 0 Å². The van der Waals surface area contributed by atoms with Crippen LogP contribution in [0.3, 0.4) is 0 Å². The van der Waals surface area contributed by atoms with E-state index in [0.717, 1.165) is 31.6 Å². The molecular formula is C11H18N4OS. The minimum Gasteiger partial charge on any atom is -0.347 e. The van der Waals surface area contributed by atoms with Crippen molar-refractivity contribution in [2.75, 3.05) is 13.1 Å². The largest absolute Gasteiger partial charge is 0.347 e. The van der Waals surface area contributed by atoms with Gasteiger partial charge in [-0.2, -0.15) is 0 Å². The van der Waals surface area contributed by atoms with E-state index in [1.165, 1.54) is 11.5 Å². The van der Waals surface area contributed by atoms with Crippen molar-refractivity contribution >= 4 is 17.4 Å². The van der Waals surface area contributed by atoms with Crippen LogP contribution in [-0.2, 0) is 0 Å². The topological polar surface area (TPSA) is 66.9 Å². The highest BCUT2D eigenvalue weighted by atomic mass is 32.1. The molecule has 1 aromatic heterocycles. The predicted molar refractivity (Wildman–Crippen MR) is 67.4 cm³/mol. The first-order valence-corrected chi connectivity index (χ1v) is 6.79. The average molecular weight is 254 g/mol. The van der Waals surface area contributed by atoms with Crippen LogP contribution in [0.15, 0.2) is 0 Å². The number of rotatable bonds is 3. The number of carbonyl (C=O) groups excluding carboxylic acids is 1. The van der Waals surface area contributed by atoms with E-state index in [-0.39, 0.29) is 17.9 Å². The highest BCUT2D eigenvalue weighted by Gasteiger charge is 2.22. The quantitative estimate of drug-likeness (QED) is 0.849. The van der Waals surface area contributed by atoms with Gasteiger partial charge in [-0.3, -0.25) is 4.79 Å². The van der Waals surface area contributed by atoms with E-state index in [0.29, 0.717) is 4.88 Å². The minimum absolute atomic E-state index is 0.0302. The summed E-state index contributed by atoms with van der Waals surface area (Å²) in [6, 6.07) is 0.235. The highest BCUT2D eigenvalue weighted by Crippen LogP contribution is 2.19. The number of hydrogen-bond donors (Lipinski definition) is 2. The Hall–Kier alpha value is -1.01. The van der Waals surface area contributed by atoms with Crippen LogP contribution >= 0.6 is 11.5 Å². The molecule has 94 valence electrons. The van der Waals surface area contributed by atoms with E-state index in [2.05, 4.69) is 20.2 Å². The van der Waals surface area contributed by atoms with E-state index in [9.17, 15) is 4.79 Å². The van der Waals surface area contributed by atoms with E-state index in [4.69, 9.17) is 0 Å². The van der Waals surface area contributed by atoms with Gasteiger partial charge in [0.05, 0.1) is 5.69 Å². The number of hydrogen-bond acceptors (Lipinski definition) is 5. The molecule has 0 aromatic carbocycles. The van der Waals surface area contributed by atoms with E-state index >= 15 is 0 Å². The molecule has 2 heterocycles. The lowest BCUT2D eigenvalue weighted by Gasteiger charge is -2.23. The maximum Gasteiger partial charge on any atom is 0.265 e. The monoisotopic (exact) mass is 254 g/mol. The first-order chi connectivity index (χ1) is 8.18. The maximum absolute atomic E-state index is 12.1. The van der Waals surface area contributed by atoms with E-state index in [1.54, 1.807) is 0 Å². The molecule has 17 heavy (non-hydrogen) atoms. The van der Waals surface area contributed by atoms with Crippen molar-refractivity contribution in [2.24, 2.45) is 0 Å². The Morgan fingerprint density at radius 2 is 2.41 bits per heavy atom. The fraction of sp³-hybridized carbons (Fsp3) is 0.727. The molecule has 2 rings (SSSR count). The van der Waals surface area contributed by atoms with Crippen LogP contribution < -0.4 is 10.6 Å². The fourth-order valence-corrected chi connectivity index (χ4v) is 2.68. The fourth-order valence-electron chi connectivity index (χ4n) is 1.96. The third kappa shape index (κ3) is 3.01. The Morgan fingerprint density at radius 1 is 1.59 bits per heavy atom. The van der Waals surface area contributed by atoms with Crippen molar-refractivity contribution in [3.05, 3.63) is 10.6 Å². The number of amides is 1. The van der Waals surface area contributed by atoms with Crippen molar-refractivity contribution in [1.82, 2.24) is 20.2 Å². The van der Waals surface area contributed by atoms with Crippen LogP contribution in [0.2, 0.25) is 0 Å². The molecule has 1 aliphatic rings. The summed E-state index contributed by atoms with van der Waals surface area (Å²) in [4.78, 5) is 12.7. The SMILES string of the molecule is CC(C)c1nnsc1C(=O)N[C@H]1CCCNC1. The standard InChI is InChI=1S/C11H18N4OS/c1-7(2)9-10(17-15-14-9)11(16)13-8-4-3-5-12-6-8/h7-8,12H,3-6H2,1-2H3,(H,13,16)/t8-/m0/s1. The predicted octanol–water partition coefficient (Wildman–Crippen LogP) is 1.14. The molecular weight excluding hydrogens is 236 g/mol. The summed E-state index contributed by atoms with van der Waals surface area (Å²) in [7, 11) is 0. The Labute approximate surface area is 105 Å². The normalized spacial score (nSPS) is 20.5. The van der Waals surface area contributed by atoms with Gasteiger partial charge in [-0.05, 0) is 36.8 Å². The van der Waals surface area contributed by atoms with Crippen LogP contribution in [0.5, 0.6) is 0 Å². The van der Waals surface area contributed by atoms with Gasteiger partial charge in [0.2, 0.25) is 0 Å². The smallest absolute Gasteiger partial charge is 0.265 e.